The number of aryl methyl sites for hydroxylation is 1. The van der Waals surface area contributed by atoms with Crippen molar-refractivity contribution in [3.8, 4) is 0 Å². The van der Waals surface area contributed by atoms with Crippen molar-refractivity contribution in [2.75, 3.05) is 0 Å². The quantitative estimate of drug-likeness (QED) is 0.920. The van der Waals surface area contributed by atoms with Gasteiger partial charge in [0, 0.05) is 17.6 Å². The van der Waals surface area contributed by atoms with Crippen molar-refractivity contribution in [1.82, 2.24) is 4.98 Å². The standard InChI is InChI=1S/C13H13ClN2S/c1-9-7-11(5-4-10(9)8-15)17-13-12(14)3-2-6-16-13/h2-7H,8,15H2,1H3. The summed E-state index contributed by atoms with van der Waals surface area (Å²) in [6.45, 7) is 2.63. The second kappa shape index (κ2) is 5.54. The van der Waals surface area contributed by atoms with E-state index in [0.717, 1.165) is 9.92 Å². The van der Waals surface area contributed by atoms with E-state index >= 15 is 0 Å². The number of nitrogens with two attached hydrogens (primary N) is 1. The Morgan fingerprint density at radius 1 is 1.35 bits per heavy atom. The Kier molecular flexibility index (Phi) is 4.05. The van der Waals surface area contributed by atoms with E-state index in [1.807, 2.05) is 18.2 Å². The zero-order valence-corrected chi connectivity index (χ0v) is 11.1. The van der Waals surface area contributed by atoms with Gasteiger partial charge >= 0.3 is 0 Å². The smallest absolute Gasteiger partial charge is 0.119 e. The van der Waals surface area contributed by atoms with Gasteiger partial charge in [0.05, 0.1) is 5.02 Å². The fourth-order valence-electron chi connectivity index (χ4n) is 1.52. The summed E-state index contributed by atoms with van der Waals surface area (Å²) in [6, 6.07) is 9.88. The molecule has 88 valence electrons. The van der Waals surface area contributed by atoms with E-state index in [0.29, 0.717) is 11.6 Å². The Labute approximate surface area is 110 Å². The van der Waals surface area contributed by atoms with E-state index in [2.05, 4.69) is 24.0 Å². The van der Waals surface area contributed by atoms with E-state index in [4.69, 9.17) is 17.3 Å². The van der Waals surface area contributed by atoms with Crippen LogP contribution in [0.1, 0.15) is 11.1 Å². The summed E-state index contributed by atoms with van der Waals surface area (Å²) in [4.78, 5) is 5.38. The maximum Gasteiger partial charge on any atom is 0.119 e. The lowest BCUT2D eigenvalue weighted by Crippen LogP contribution is -1.98. The first kappa shape index (κ1) is 12.4. The predicted octanol–water partition coefficient (Wildman–Crippen LogP) is 3.65. The van der Waals surface area contributed by atoms with Crippen molar-refractivity contribution in [2.24, 2.45) is 5.73 Å². The van der Waals surface area contributed by atoms with Crippen molar-refractivity contribution in [2.45, 2.75) is 23.4 Å². The van der Waals surface area contributed by atoms with Crippen LogP contribution in [0.25, 0.3) is 0 Å². The predicted molar refractivity (Wildman–Crippen MR) is 72.4 cm³/mol. The average Bonchev–Trinajstić information content (AvgIpc) is 2.32. The van der Waals surface area contributed by atoms with Gasteiger partial charge in [0.1, 0.15) is 5.03 Å². The monoisotopic (exact) mass is 264 g/mol. The van der Waals surface area contributed by atoms with E-state index in [1.54, 1.807) is 18.0 Å². The number of aromatic nitrogens is 1. The molecule has 1 aromatic carbocycles. The Morgan fingerprint density at radius 2 is 2.18 bits per heavy atom. The molecule has 0 unspecified atom stereocenters. The first-order valence-electron chi connectivity index (χ1n) is 5.28. The molecule has 0 atom stereocenters. The third-order valence-electron chi connectivity index (χ3n) is 2.47. The van der Waals surface area contributed by atoms with E-state index < -0.39 is 0 Å². The zero-order valence-electron chi connectivity index (χ0n) is 9.48. The molecule has 1 aromatic heterocycles. The van der Waals surface area contributed by atoms with Crippen LogP contribution in [0.5, 0.6) is 0 Å². The second-order valence-electron chi connectivity index (χ2n) is 3.68. The fraction of sp³-hybridized carbons (Fsp3) is 0.154. The molecular formula is C13H13ClN2S. The SMILES string of the molecule is Cc1cc(Sc2ncccc2Cl)ccc1CN. The molecule has 0 amide bonds. The molecule has 2 nitrogen and oxygen atoms in total. The summed E-state index contributed by atoms with van der Waals surface area (Å²) >= 11 is 7.63. The third kappa shape index (κ3) is 3.00. The van der Waals surface area contributed by atoms with Crippen LogP contribution in [-0.2, 0) is 6.54 Å². The van der Waals surface area contributed by atoms with Gasteiger partial charge in [0.2, 0.25) is 0 Å². The highest BCUT2D eigenvalue weighted by molar-refractivity contribution is 7.99. The lowest BCUT2D eigenvalue weighted by atomic mass is 10.1. The van der Waals surface area contributed by atoms with Crippen LogP contribution in [0.3, 0.4) is 0 Å². The summed E-state index contributed by atoms with van der Waals surface area (Å²) in [5.41, 5.74) is 8.00. The van der Waals surface area contributed by atoms with Crippen molar-refractivity contribution < 1.29 is 0 Å². The molecule has 0 aliphatic rings. The van der Waals surface area contributed by atoms with Gasteiger partial charge in [0.15, 0.2) is 0 Å². The van der Waals surface area contributed by atoms with Gasteiger partial charge in [-0.05, 0) is 42.3 Å². The van der Waals surface area contributed by atoms with E-state index in [9.17, 15) is 0 Å². The molecule has 2 rings (SSSR count). The second-order valence-corrected chi connectivity index (χ2v) is 5.15. The number of nitrogens with zero attached hydrogens (tertiary/aromatic N) is 1. The molecule has 0 bridgehead atoms. The zero-order chi connectivity index (χ0) is 12.3. The molecule has 4 heteroatoms. The van der Waals surface area contributed by atoms with Gasteiger partial charge in [-0.2, -0.15) is 0 Å². The molecule has 0 saturated carbocycles. The highest BCUT2D eigenvalue weighted by Crippen LogP contribution is 2.31. The van der Waals surface area contributed by atoms with Gasteiger partial charge in [0.25, 0.3) is 0 Å². The first-order valence-corrected chi connectivity index (χ1v) is 6.48. The van der Waals surface area contributed by atoms with E-state index in [-0.39, 0.29) is 0 Å². The lowest BCUT2D eigenvalue weighted by Gasteiger charge is -2.06. The van der Waals surface area contributed by atoms with Crippen molar-refractivity contribution in [1.29, 1.82) is 0 Å². The Balaban J connectivity index is 2.25. The number of hydrogen-bond donors (Lipinski definition) is 1. The van der Waals surface area contributed by atoms with Gasteiger partial charge in [-0.25, -0.2) is 4.98 Å². The number of rotatable bonds is 3. The molecule has 0 radical (unpaired) electrons. The van der Waals surface area contributed by atoms with Gasteiger partial charge in [-0.15, -0.1) is 0 Å². The molecule has 0 fully saturated rings. The fourth-order valence-corrected chi connectivity index (χ4v) is 2.63. The third-order valence-corrected chi connectivity index (χ3v) is 3.90. The van der Waals surface area contributed by atoms with Crippen molar-refractivity contribution in [3.05, 3.63) is 52.7 Å². The lowest BCUT2D eigenvalue weighted by molar-refractivity contribution is 1.04. The molecule has 0 saturated heterocycles. The molecule has 2 N–H and O–H groups in total. The summed E-state index contributed by atoms with van der Waals surface area (Å²) in [6.07, 6.45) is 1.75. The van der Waals surface area contributed by atoms with Gasteiger partial charge in [-0.3, -0.25) is 0 Å². The van der Waals surface area contributed by atoms with Crippen LogP contribution in [0.15, 0.2) is 46.5 Å². The summed E-state index contributed by atoms with van der Waals surface area (Å²) in [5.74, 6) is 0. The molecule has 0 aliphatic heterocycles. The van der Waals surface area contributed by atoms with Crippen molar-refractivity contribution >= 4 is 23.4 Å². The van der Waals surface area contributed by atoms with Crippen LogP contribution in [0.4, 0.5) is 0 Å². The average molecular weight is 265 g/mol. The Bertz CT molecular complexity index is 529. The highest BCUT2D eigenvalue weighted by Gasteiger charge is 2.05. The molecule has 2 aromatic rings. The Morgan fingerprint density at radius 3 is 2.82 bits per heavy atom. The van der Waals surface area contributed by atoms with Gasteiger partial charge in [-0.1, -0.05) is 29.4 Å². The molecule has 1 heterocycles. The summed E-state index contributed by atoms with van der Waals surface area (Å²) < 4.78 is 0. The minimum absolute atomic E-state index is 0.571. The van der Waals surface area contributed by atoms with Crippen LogP contribution >= 0.6 is 23.4 Å². The molecule has 0 spiro atoms. The summed E-state index contributed by atoms with van der Waals surface area (Å²) in [7, 11) is 0. The van der Waals surface area contributed by atoms with Crippen LogP contribution < -0.4 is 5.73 Å². The maximum absolute atomic E-state index is 6.07. The molecule has 0 aliphatic carbocycles. The number of benzene rings is 1. The molecule has 17 heavy (non-hydrogen) atoms. The first-order chi connectivity index (χ1) is 8.20. The van der Waals surface area contributed by atoms with Crippen LogP contribution in [-0.4, -0.2) is 4.98 Å². The van der Waals surface area contributed by atoms with E-state index in [1.165, 1.54) is 11.1 Å². The normalized spacial score (nSPS) is 10.5. The van der Waals surface area contributed by atoms with Gasteiger partial charge < -0.3 is 5.73 Å². The number of halogens is 1. The minimum atomic E-state index is 0.571. The minimum Gasteiger partial charge on any atom is -0.326 e. The summed E-state index contributed by atoms with van der Waals surface area (Å²) in [5, 5.41) is 1.51. The maximum atomic E-state index is 6.07. The van der Waals surface area contributed by atoms with Crippen LogP contribution in [0, 0.1) is 6.92 Å². The van der Waals surface area contributed by atoms with Crippen LogP contribution in [0.2, 0.25) is 5.02 Å². The number of pyridine rings is 1. The largest absolute Gasteiger partial charge is 0.326 e. The number of hydrogen-bond acceptors (Lipinski definition) is 3. The Hall–Kier alpha value is -1.03. The molecular weight excluding hydrogens is 252 g/mol. The topological polar surface area (TPSA) is 38.9 Å². The van der Waals surface area contributed by atoms with Crippen molar-refractivity contribution in [3.63, 3.8) is 0 Å². The highest BCUT2D eigenvalue weighted by atomic mass is 35.5.